The molecule has 7 heteroatoms. The number of nitrogens with one attached hydrogen (secondary N) is 1. The molecule has 5 rings (SSSR count). The SMILES string of the molecule is O=C1NC2CCCCC2N1CCCN1CCC(c2noc3cc(F)ccc23)CC1. The molecule has 1 saturated carbocycles. The zero-order valence-electron chi connectivity index (χ0n) is 16.8. The fourth-order valence-electron chi connectivity index (χ4n) is 5.43. The topological polar surface area (TPSA) is 61.6 Å². The first-order valence-electron chi connectivity index (χ1n) is 11.0. The van der Waals surface area contributed by atoms with Crippen LogP contribution in [0.5, 0.6) is 0 Å². The second kappa shape index (κ2) is 7.94. The van der Waals surface area contributed by atoms with Gasteiger partial charge in [-0.05, 0) is 63.9 Å². The van der Waals surface area contributed by atoms with Gasteiger partial charge < -0.3 is 19.6 Å². The van der Waals surface area contributed by atoms with Gasteiger partial charge in [0.2, 0.25) is 0 Å². The molecule has 6 nitrogen and oxygen atoms in total. The Morgan fingerprint density at radius 3 is 2.83 bits per heavy atom. The summed E-state index contributed by atoms with van der Waals surface area (Å²) in [5.74, 6) is 0.0755. The van der Waals surface area contributed by atoms with Crippen LogP contribution in [0.15, 0.2) is 22.7 Å². The Balaban J connectivity index is 1.11. The standard InChI is InChI=1S/C22H29FN4O2/c23-16-6-7-17-20(14-16)29-25-21(17)15-8-12-26(13-9-15)10-3-11-27-19-5-2-1-4-18(19)24-22(27)28/h6-7,14-15,18-19H,1-5,8-13H2,(H,24,28). The number of carbonyl (C=O) groups excluding carboxylic acids is 1. The second-order valence-corrected chi connectivity index (χ2v) is 8.78. The van der Waals surface area contributed by atoms with E-state index in [1.165, 1.54) is 25.0 Å². The number of rotatable bonds is 5. The predicted octanol–water partition coefficient (Wildman–Crippen LogP) is 3.87. The molecule has 1 aromatic heterocycles. The predicted molar refractivity (Wildman–Crippen MR) is 108 cm³/mol. The van der Waals surface area contributed by atoms with Gasteiger partial charge in [0.1, 0.15) is 5.82 Å². The first-order chi connectivity index (χ1) is 14.2. The fraction of sp³-hybridized carbons (Fsp3) is 0.636. The van der Waals surface area contributed by atoms with Crippen LogP contribution in [0.2, 0.25) is 0 Å². The molecule has 29 heavy (non-hydrogen) atoms. The Morgan fingerprint density at radius 2 is 1.97 bits per heavy atom. The zero-order valence-corrected chi connectivity index (χ0v) is 16.8. The molecule has 1 aliphatic carbocycles. The number of benzene rings is 1. The van der Waals surface area contributed by atoms with Crippen LogP contribution >= 0.6 is 0 Å². The summed E-state index contributed by atoms with van der Waals surface area (Å²) in [6, 6.07) is 5.58. The number of likely N-dealkylation sites (tertiary alicyclic amines) is 1. The van der Waals surface area contributed by atoms with Crippen molar-refractivity contribution in [3.8, 4) is 0 Å². The lowest BCUT2D eigenvalue weighted by molar-refractivity contribution is 0.171. The summed E-state index contributed by atoms with van der Waals surface area (Å²) in [6.07, 6.45) is 7.84. The van der Waals surface area contributed by atoms with Gasteiger partial charge in [-0.25, -0.2) is 9.18 Å². The molecule has 0 radical (unpaired) electrons. The van der Waals surface area contributed by atoms with Gasteiger partial charge in [0, 0.05) is 23.9 Å². The molecule has 3 aliphatic rings. The minimum absolute atomic E-state index is 0.134. The van der Waals surface area contributed by atoms with Gasteiger partial charge in [-0.1, -0.05) is 18.0 Å². The maximum atomic E-state index is 13.4. The van der Waals surface area contributed by atoms with Gasteiger partial charge >= 0.3 is 6.03 Å². The van der Waals surface area contributed by atoms with E-state index < -0.39 is 0 Å². The molecule has 1 N–H and O–H groups in total. The van der Waals surface area contributed by atoms with Crippen molar-refractivity contribution in [2.75, 3.05) is 26.2 Å². The second-order valence-electron chi connectivity index (χ2n) is 8.78. The van der Waals surface area contributed by atoms with Crippen molar-refractivity contribution in [3.05, 3.63) is 29.7 Å². The van der Waals surface area contributed by atoms with E-state index in [1.54, 1.807) is 6.07 Å². The number of hydrogen-bond donors (Lipinski definition) is 1. The molecule has 1 aromatic carbocycles. The molecule has 2 unspecified atom stereocenters. The number of carbonyl (C=O) groups is 1. The summed E-state index contributed by atoms with van der Waals surface area (Å²) in [5.41, 5.74) is 1.50. The lowest BCUT2D eigenvalue weighted by atomic mass is 9.91. The van der Waals surface area contributed by atoms with Gasteiger partial charge in [0.15, 0.2) is 5.58 Å². The van der Waals surface area contributed by atoms with Gasteiger partial charge in [0.05, 0.1) is 17.8 Å². The molecular weight excluding hydrogens is 371 g/mol. The number of amides is 2. The minimum atomic E-state index is -0.291. The van der Waals surface area contributed by atoms with Crippen molar-refractivity contribution in [2.24, 2.45) is 0 Å². The monoisotopic (exact) mass is 400 g/mol. The average molecular weight is 400 g/mol. The van der Waals surface area contributed by atoms with Crippen LogP contribution in [0.3, 0.4) is 0 Å². The molecule has 2 aliphatic heterocycles. The highest BCUT2D eigenvalue weighted by Gasteiger charge is 2.39. The Labute approximate surface area is 170 Å². The van der Waals surface area contributed by atoms with Gasteiger partial charge in [-0.15, -0.1) is 0 Å². The minimum Gasteiger partial charge on any atom is -0.356 e. The molecular formula is C22H29FN4O2. The van der Waals surface area contributed by atoms with E-state index in [-0.39, 0.29) is 11.8 Å². The first kappa shape index (κ1) is 18.9. The molecule has 0 bridgehead atoms. The van der Waals surface area contributed by atoms with Crippen LogP contribution in [0.4, 0.5) is 9.18 Å². The van der Waals surface area contributed by atoms with Crippen molar-refractivity contribution < 1.29 is 13.7 Å². The summed E-state index contributed by atoms with van der Waals surface area (Å²) in [7, 11) is 0. The van der Waals surface area contributed by atoms with Gasteiger partial charge in [-0.2, -0.15) is 0 Å². The highest BCUT2D eigenvalue weighted by Crippen LogP contribution is 2.33. The fourth-order valence-corrected chi connectivity index (χ4v) is 5.43. The van der Waals surface area contributed by atoms with E-state index in [1.807, 2.05) is 0 Å². The number of nitrogens with zero attached hydrogens (tertiary/aromatic N) is 3. The number of urea groups is 1. The Morgan fingerprint density at radius 1 is 1.14 bits per heavy atom. The third kappa shape index (κ3) is 3.72. The van der Waals surface area contributed by atoms with Crippen LogP contribution < -0.4 is 5.32 Å². The van der Waals surface area contributed by atoms with Crippen LogP contribution in [-0.2, 0) is 0 Å². The Kier molecular flexibility index (Phi) is 5.16. The lowest BCUT2D eigenvalue weighted by Gasteiger charge is -2.33. The summed E-state index contributed by atoms with van der Waals surface area (Å²) in [4.78, 5) is 16.9. The zero-order chi connectivity index (χ0) is 19.8. The largest absolute Gasteiger partial charge is 0.356 e. The van der Waals surface area contributed by atoms with Crippen molar-refractivity contribution in [1.82, 2.24) is 20.3 Å². The van der Waals surface area contributed by atoms with Crippen LogP contribution in [0.25, 0.3) is 11.0 Å². The van der Waals surface area contributed by atoms with Crippen LogP contribution in [-0.4, -0.2) is 59.3 Å². The highest BCUT2D eigenvalue weighted by molar-refractivity contribution is 5.80. The maximum Gasteiger partial charge on any atom is 0.318 e. The lowest BCUT2D eigenvalue weighted by Crippen LogP contribution is -2.41. The van der Waals surface area contributed by atoms with E-state index >= 15 is 0 Å². The average Bonchev–Trinajstić information content (AvgIpc) is 3.29. The molecule has 3 fully saturated rings. The van der Waals surface area contributed by atoms with E-state index in [0.717, 1.165) is 69.4 Å². The van der Waals surface area contributed by atoms with E-state index in [0.29, 0.717) is 23.6 Å². The maximum absolute atomic E-state index is 13.4. The summed E-state index contributed by atoms with van der Waals surface area (Å²) in [6.45, 7) is 3.93. The number of aromatic nitrogens is 1. The summed E-state index contributed by atoms with van der Waals surface area (Å²) < 4.78 is 18.7. The van der Waals surface area contributed by atoms with Crippen molar-refractivity contribution >= 4 is 17.0 Å². The Bertz CT molecular complexity index is 877. The van der Waals surface area contributed by atoms with Crippen molar-refractivity contribution in [2.45, 2.75) is 62.9 Å². The molecule has 3 heterocycles. The molecule has 2 aromatic rings. The smallest absolute Gasteiger partial charge is 0.318 e. The number of fused-ring (bicyclic) bond motifs is 2. The third-order valence-electron chi connectivity index (χ3n) is 7.01. The van der Waals surface area contributed by atoms with Crippen LogP contribution in [0.1, 0.15) is 56.6 Å². The van der Waals surface area contributed by atoms with Crippen molar-refractivity contribution in [3.63, 3.8) is 0 Å². The normalized spacial score (nSPS) is 26.1. The summed E-state index contributed by atoms with van der Waals surface area (Å²) >= 11 is 0. The first-order valence-corrected chi connectivity index (χ1v) is 11.0. The molecule has 156 valence electrons. The van der Waals surface area contributed by atoms with E-state index in [2.05, 4.69) is 20.3 Å². The van der Waals surface area contributed by atoms with Gasteiger partial charge in [-0.3, -0.25) is 0 Å². The third-order valence-corrected chi connectivity index (χ3v) is 7.01. The number of halogens is 1. The molecule has 2 saturated heterocycles. The molecule has 2 amide bonds. The Hall–Kier alpha value is -2.15. The van der Waals surface area contributed by atoms with E-state index in [4.69, 9.17) is 4.52 Å². The highest BCUT2D eigenvalue weighted by atomic mass is 19.1. The van der Waals surface area contributed by atoms with Crippen molar-refractivity contribution in [1.29, 1.82) is 0 Å². The van der Waals surface area contributed by atoms with E-state index in [9.17, 15) is 9.18 Å². The number of hydrogen-bond acceptors (Lipinski definition) is 4. The quantitative estimate of drug-likeness (QED) is 0.828. The van der Waals surface area contributed by atoms with Gasteiger partial charge in [0.25, 0.3) is 0 Å². The molecule has 0 spiro atoms. The van der Waals surface area contributed by atoms with Crippen LogP contribution in [0, 0.1) is 5.82 Å². The molecule has 2 atom stereocenters. The number of piperidine rings is 1. The summed E-state index contributed by atoms with van der Waals surface area (Å²) in [5, 5.41) is 8.34.